The molecule has 1 N–H and O–H groups in total. The van der Waals surface area contributed by atoms with Crippen molar-refractivity contribution >= 4 is 50.4 Å². The maximum Gasteiger partial charge on any atom is 0.198 e. The number of aliphatic hydroxyl groups excluding tert-OH is 1. The zero-order valence-corrected chi connectivity index (χ0v) is 9.79. The smallest absolute Gasteiger partial charge is 0.198 e. The lowest BCUT2D eigenvalue weighted by Crippen LogP contribution is -2.00. The first-order chi connectivity index (χ1) is 7.11. The molecule has 1 aromatic carbocycles. The average molecular weight is 261 g/mol. The fourth-order valence-corrected chi connectivity index (χ4v) is 2.66. The number of benzene rings is 1. The molecule has 2 nitrogen and oxygen atoms in total. The molecule has 0 amide bonds. The minimum absolute atomic E-state index is 0.288. The number of hydrogen-bond donors (Lipinski definition) is 1. The SMILES string of the molecule is O=C(CO)c1cc2cc(Cl)c(Cl)cc2s1. The van der Waals surface area contributed by atoms with Crippen molar-refractivity contribution in [1.29, 1.82) is 0 Å². The molecule has 0 bridgehead atoms. The predicted molar refractivity (Wildman–Crippen MR) is 63.3 cm³/mol. The molecule has 0 fully saturated rings. The monoisotopic (exact) mass is 260 g/mol. The molecule has 2 aromatic rings. The summed E-state index contributed by atoms with van der Waals surface area (Å²) in [5.41, 5.74) is 0. The van der Waals surface area contributed by atoms with Crippen molar-refractivity contribution in [2.24, 2.45) is 0 Å². The Morgan fingerprint density at radius 3 is 2.60 bits per heavy atom. The number of aliphatic hydroxyl groups is 1. The van der Waals surface area contributed by atoms with E-state index in [0.29, 0.717) is 14.9 Å². The number of ketones is 1. The van der Waals surface area contributed by atoms with Gasteiger partial charge in [0.15, 0.2) is 5.78 Å². The standard InChI is InChI=1S/C10H6Cl2O2S/c11-6-1-5-2-10(8(14)4-13)15-9(5)3-7(6)12/h1-3,13H,4H2. The highest BCUT2D eigenvalue weighted by Crippen LogP contribution is 2.33. The summed E-state index contributed by atoms with van der Waals surface area (Å²) in [7, 11) is 0. The first-order valence-electron chi connectivity index (χ1n) is 4.14. The molecule has 0 atom stereocenters. The Labute approximate surface area is 100 Å². The first kappa shape index (κ1) is 10.9. The molecule has 0 saturated carbocycles. The third kappa shape index (κ3) is 2.01. The number of carbonyl (C=O) groups is 1. The van der Waals surface area contributed by atoms with Crippen LogP contribution >= 0.6 is 34.5 Å². The number of Topliss-reactive ketones (excluding diaryl/α,β-unsaturated/α-hetero) is 1. The fraction of sp³-hybridized carbons (Fsp3) is 0.100. The van der Waals surface area contributed by atoms with Gasteiger partial charge >= 0.3 is 0 Å². The van der Waals surface area contributed by atoms with Gasteiger partial charge in [-0.25, -0.2) is 0 Å². The molecular formula is C10H6Cl2O2S. The summed E-state index contributed by atoms with van der Waals surface area (Å²) in [5.74, 6) is -0.288. The normalized spacial score (nSPS) is 10.9. The third-order valence-electron chi connectivity index (χ3n) is 1.98. The van der Waals surface area contributed by atoms with Crippen molar-refractivity contribution in [3.63, 3.8) is 0 Å². The summed E-state index contributed by atoms with van der Waals surface area (Å²) in [6, 6.07) is 5.14. The minimum Gasteiger partial charge on any atom is -0.388 e. The van der Waals surface area contributed by atoms with E-state index in [-0.39, 0.29) is 5.78 Å². The van der Waals surface area contributed by atoms with E-state index in [1.807, 2.05) is 0 Å². The molecule has 5 heteroatoms. The van der Waals surface area contributed by atoms with Gasteiger partial charge in [0.1, 0.15) is 6.61 Å². The van der Waals surface area contributed by atoms with Crippen LogP contribution in [0.3, 0.4) is 0 Å². The molecular weight excluding hydrogens is 255 g/mol. The maximum atomic E-state index is 11.2. The first-order valence-corrected chi connectivity index (χ1v) is 5.71. The molecule has 0 aliphatic carbocycles. The van der Waals surface area contributed by atoms with Crippen molar-refractivity contribution in [2.45, 2.75) is 0 Å². The summed E-state index contributed by atoms with van der Waals surface area (Å²) in [6.45, 7) is -0.478. The Balaban J connectivity index is 2.61. The van der Waals surface area contributed by atoms with E-state index in [1.54, 1.807) is 18.2 Å². The van der Waals surface area contributed by atoms with E-state index in [0.717, 1.165) is 10.1 Å². The van der Waals surface area contributed by atoms with Crippen LogP contribution < -0.4 is 0 Å². The Hall–Kier alpha value is -0.610. The van der Waals surface area contributed by atoms with E-state index in [2.05, 4.69) is 0 Å². The van der Waals surface area contributed by atoms with Crippen LogP contribution in [0.25, 0.3) is 10.1 Å². The van der Waals surface area contributed by atoms with Gasteiger partial charge in [-0.2, -0.15) is 0 Å². The van der Waals surface area contributed by atoms with Gasteiger partial charge in [-0.05, 0) is 23.6 Å². The van der Waals surface area contributed by atoms with E-state index in [4.69, 9.17) is 28.3 Å². The molecule has 0 aliphatic rings. The Morgan fingerprint density at radius 1 is 1.27 bits per heavy atom. The molecule has 15 heavy (non-hydrogen) atoms. The van der Waals surface area contributed by atoms with Crippen LogP contribution in [0.2, 0.25) is 10.0 Å². The number of halogens is 2. The minimum atomic E-state index is -0.478. The summed E-state index contributed by atoms with van der Waals surface area (Å²) < 4.78 is 0.890. The largest absolute Gasteiger partial charge is 0.388 e. The number of rotatable bonds is 2. The summed E-state index contributed by atoms with van der Waals surface area (Å²) >= 11 is 13.0. The zero-order valence-electron chi connectivity index (χ0n) is 7.46. The van der Waals surface area contributed by atoms with Crippen LogP contribution in [-0.2, 0) is 0 Å². The van der Waals surface area contributed by atoms with Crippen molar-refractivity contribution in [3.8, 4) is 0 Å². The topological polar surface area (TPSA) is 37.3 Å². The summed E-state index contributed by atoms with van der Waals surface area (Å²) in [6.07, 6.45) is 0. The Kier molecular flexibility index (Phi) is 2.98. The molecule has 0 spiro atoms. The van der Waals surface area contributed by atoms with Crippen LogP contribution in [0, 0.1) is 0 Å². The maximum absolute atomic E-state index is 11.2. The highest BCUT2D eigenvalue weighted by atomic mass is 35.5. The fourth-order valence-electron chi connectivity index (χ4n) is 1.25. The van der Waals surface area contributed by atoms with Crippen LogP contribution in [-0.4, -0.2) is 17.5 Å². The van der Waals surface area contributed by atoms with E-state index in [1.165, 1.54) is 11.3 Å². The second-order valence-corrected chi connectivity index (χ2v) is 4.89. The molecule has 0 saturated heterocycles. The molecule has 1 heterocycles. The second-order valence-electron chi connectivity index (χ2n) is 3.00. The predicted octanol–water partition coefficient (Wildman–Crippen LogP) is 3.38. The highest BCUT2D eigenvalue weighted by Gasteiger charge is 2.10. The molecule has 2 rings (SSSR count). The molecule has 1 aromatic heterocycles. The number of hydrogen-bond acceptors (Lipinski definition) is 3. The van der Waals surface area contributed by atoms with Gasteiger partial charge in [0.25, 0.3) is 0 Å². The van der Waals surface area contributed by atoms with Gasteiger partial charge in [-0.15, -0.1) is 11.3 Å². The molecule has 0 aliphatic heterocycles. The second kappa shape index (κ2) is 4.10. The van der Waals surface area contributed by atoms with Crippen molar-refractivity contribution in [3.05, 3.63) is 33.1 Å². The molecule has 0 radical (unpaired) electrons. The van der Waals surface area contributed by atoms with E-state index >= 15 is 0 Å². The zero-order chi connectivity index (χ0) is 11.0. The lowest BCUT2D eigenvalue weighted by atomic mass is 10.2. The van der Waals surface area contributed by atoms with Crippen molar-refractivity contribution in [2.75, 3.05) is 6.61 Å². The average Bonchev–Trinajstić information content (AvgIpc) is 2.60. The Morgan fingerprint density at radius 2 is 1.93 bits per heavy atom. The quantitative estimate of drug-likeness (QED) is 0.841. The van der Waals surface area contributed by atoms with Gasteiger partial charge in [0.05, 0.1) is 14.9 Å². The lowest BCUT2D eigenvalue weighted by Gasteiger charge is -1.93. The lowest BCUT2D eigenvalue weighted by molar-refractivity contribution is 0.0908. The third-order valence-corrected chi connectivity index (χ3v) is 3.84. The Bertz CT molecular complexity index is 494. The number of thiophene rings is 1. The van der Waals surface area contributed by atoms with E-state index in [9.17, 15) is 4.79 Å². The summed E-state index contributed by atoms with van der Waals surface area (Å²) in [5, 5.41) is 10.5. The molecule has 0 unspecified atom stereocenters. The summed E-state index contributed by atoms with van der Waals surface area (Å²) in [4.78, 5) is 11.8. The van der Waals surface area contributed by atoms with Crippen LogP contribution in [0.15, 0.2) is 18.2 Å². The number of carbonyl (C=O) groups excluding carboxylic acids is 1. The van der Waals surface area contributed by atoms with Crippen LogP contribution in [0.5, 0.6) is 0 Å². The van der Waals surface area contributed by atoms with E-state index < -0.39 is 6.61 Å². The van der Waals surface area contributed by atoms with Gasteiger partial charge in [-0.3, -0.25) is 4.79 Å². The van der Waals surface area contributed by atoms with Crippen LogP contribution in [0.4, 0.5) is 0 Å². The van der Waals surface area contributed by atoms with Gasteiger partial charge in [0.2, 0.25) is 0 Å². The van der Waals surface area contributed by atoms with Gasteiger partial charge < -0.3 is 5.11 Å². The van der Waals surface area contributed by atoms with Crippen molar-refractivity contribution < 1.29 is 9.90 Å². The van der Waals surface area contributed by atoms with Crippen molar-refractivity contribution in [1.82, 2.24) is 0 Å². The number of fused-ring (bicyclic) bond motifs is 1. The highest BCUT2D eigenvalue weighted by molar-refractivity contribution is 7.20. The van der Waals surface area contributed by atoms with Crippen LogP contribution in [0.1, 0.15) is 9.67 Å². The molecule has 78 valence electrons. The van der Waals surface area contributed by atoms with Gasteiger partial charge in [0, 0.05) is 4.70 Å². The van der Waals surface area contributed by atoms with Gasteiger partial charge in [-0.1, -0.05) is 23.2 Å².